The number of aliphatic hydroxyl groups is 1. The Kier molecular flexibility index (Phi) is 4.94. The summed E-state index contributed by atoms with van der Waals surface area (Å²) in [5, 5.41) is 12.3. The highest BCUT2D eigenvalue weighted by Gasteiger charge is 1.95. The molecule has 0 fully saturated rings. The van der Waals surface area contributed by atoms with Gasteiger partial charge in [0.2, 0.25) is 0 Å². The van der Waals surface area contributed by atoms with Gasteiger partial charge in [-0.2, -0.15) is 0 Å². The van der Waals surface area contributed by atoms with Crippen LogP contribution in [0, 0.1) is 18.8 Å². The Bertz CT molecular complexity index is 465. The van der Waals surface area contributed by atoms with E-state index < -0.39 is 0 Å². The summed E-state index contributed by atoms with van der Waals surface area (Å²) < 4.78 is 0. The lowest BCUT2D eigenvalue weighted by atomic mass is 10.1. The van der Waals surface area contributed by atoms with Gasteiger partial charge in [-0.15, -0.1) is 0 Å². The zero-order valence-corrected chi connectivity index (χ0v) is 9.14. The zero-order valence-electron chi connectivity index (χ0n) is 9.14. The summed E-state index contributed by atoms with van der Waals surface area (Å²) in [7, 11) is 0. The number of rotatable bonds is 3. The van der Waals surface area contributed by atoms with Gasteiger partial charge in [-0.05, 0) is 29.6 Å². The quantitative estimate of drug-likeness (QED) is 0.272. The van der Waals surface area contributed by atoms with Crippen molar-refractivity contribution < 1.29 is 5.11 Å². The van der Waals surface area contributed by atoms with Crippen molar-refractivity contribution in [2.75, 3.05) is 6.54 Å². The lowest BCUT2D eigenvalue weighted by molar-refractivity contribution is 0.282. The van der Waals surface area contributed by atoms with Crippen LogP contribution in [0.15, 0.2) is 23.3 Å². The van der Waals surface area contributed by atoms with E-state index in [0.29, 0.717) is 13.0 Å². The van der Waals surface area contributed by atoms with Crippen LogP contribution in [0.4, 0.5) is 0 Å². The monoisotopic (exact) mass is 215 g/mol. The van der Waals surface area contributed by atoms with Gasteiger partial charge in [-0.1, -0.05) is 29.1 Å². The summed E-state index contributed by atoms with van der Waals surface area (Å²) in [6.45, 7) is 2.40. The summed E-state index contributed by atoms with van der Waals surface area (Å²) >= 11 is 0. The lowest BCUT2D eigenvalue weighted by Crippen LogP contribution is -1.87. The molecule has 1 rings (SSSR count). The van der Waals surface area contributed by atoms with Crippen LogP contribution in [0.5, 0.6) is 0 Å². The van der Waals surface area contributed by atoms with E-state index in [9.17, 15) is 0 Å². The Morgan fingerprint density at radius 1 is 1.50 bits per heavy atom. The number of hydrogen-bond donors (Lipinski definition) is 1. The van der Waals surface area contributed by atoms with Crippen molar-refractivity contribution in [2.45, 2.75) is 20.0 Å². The van der Waals surface area contributed by atoms with Gasteiger partial charge in [0.05, 0.1) is 6.61 Å². The fourth-order valence-corrected chi connectivity index (χ4v) is 1.27. The van der Waals surface area contributed by atoms with Gasteiger partial charge in [0.1, 0.15) is 0 Å². The second kappa shape index (κ2) is 6.52. The third-order valence-electron chi connectivity index (χ3n) is 2.10. The largest absolute Gasteiger partial charge is 0.392 e. The average Bonchev–Trinajstić information content (AvgIpc) is 2.30. The Hall–Kier alpha value is -1.95. The molecule has 0 aliphatic rings. The number of nitrogens with zero attached hydrogens (tertiary/aromatic N) is 3. The average molecular weight is 215 g/mol. The fraction of sp³-hybridized carbons (Fsp3) is 0.333. The maximum Gasteiger partial charge on any atom is 0.0681 e. The molecule has 0 unspecified atom stereocenters. The molecule has 16 heavy (non-hydrogen) atoms. The van der Waals surface area contributed by atoms with Crippen LogP contribution >= 0.6 is 0 Å². The van der Waals surface area contributed by atoms with Gasteiger partial charge in [0, 0.05) is 23.4 Å². The molecule has 0 bridgehead atoms. The second-order valence-corrected chi connectivity index (χ2v) is 3.31. The molecule has 0 heterocycles. The molecular formula is C12H13N3O. The number of aliphatic hydroxyl groups excluding tert-OH is 1. The van der Waals surface area contributed by atoms with Crippen molar-refractivity contribution >= 4 is 0 Å². The normalized spacial score (nSPS) is 8.88. The first kappa shape index (κ1) is 12.1. The lowest BCUT2D eigenvalue weighted by Gasteiger charge is -2.00. The van der Waals surface area contributed by atoms with Crippen molar-refractivity contribution in [2.24, 2.45) is 5.11 Å². The van der Waals surface area contributed by atoms with E-state index in [4.69, 9.17) is 10.6 Å². The van der Waals surface area contributed by atoms with E-state index in [-0.39, 0.29) is 6.61 Å². The molecule has 1 aromatic carbocycles. The van der Waals surface area contributed by atoms with E-state index in [1.165, 1.54) is 0 Å². The van der Waals surface area contributed by atoms with Crippen LogP contribution in [-0.4, -0.2) is 11.7 Å². The Morgan fingerprint density at radius 2 is 2.31 bits per heavy atom. The molecule has 4 heteroatoms. The smallest absolute Gasteiger partial charge is 0.0681 e. The summed E-state index contributed by atoms with van der Waals surface area (Å²) in [6, 6.07) is 5.66. The molecule has 0 saturated carbocycles. The summed E-state index contributed by atoms with van der Waals surface area (Å²) in [4.78, 5) is 2.65. The van der Waals surface area contributed by atoms with Crippen molar-refractivity contribution in [3.05, 3.63) is 45.3 Å². The van der Waals surface area contributed by atoms with Gasteiger partial charge < -0.3 is 5.11 Å². The van der Waals surface area contributed by atoms with Crippen molar-refractivity contribution in [1.82, 2.24) is 0 Å². The third kappa shape index (κ3) is 3.66. The molecular weight excluding hydrogens is 202 g/mol. The summed E-state index contributed by atoms with van der Waals surface area (Å²) in [5.74, 6) is 5.95. The number of benzene rings is 1. The topological polar surface area (TPSA) is 69.0 Å². The molecule has 0 spiro atoms. The van der Waals surface area contributed by atoms with Gasteiger partial charge in [0.25, 0.3) is 0 Å². The molecule has 82 valence electrons. The SMILES string of the molecule is Cc1cc(CO)ccc1C#CCCN=[N+]=[N-]. The van der Waals surface area contributed by atoms with Gasteiger partial charge >= 0.3 is 0 Å². The zero-order chi connectivity index (χ0) is 11.8. The van der Waals surface area contributed by atoms with Crippen LogP contribution in [0.3, 0.4) is 0 Å². The fourth-order valence-electron chi connectivity index (χ4n) is 1.27. The van der Waals surface area contributed by atoms with E-state index in [0.717, 1.165) is 16.7 Å². The first-order valence-corrected chi connectivity index (χ1v) is 4.98. The van der Waals surface area contributed by atoms with Gasteiger partial charge in [-0.25, -0.2) is 0 Å². The third-order valence-corrected chi connectivity index (χ3v) is 2.10. The molecule has 0 radical (unpaired) electrons. The van der Waals surface area contributed by atoms with Crippen LogP contribution in [0.2, 0.25) is 0 Å². The van der Waals surface area contributed by atoms with Crippen LogP contribution in [0.1, 0.15) is 23.1 Å². The van der Waals surface area contributed by atoms with Crippen LogP contribution in [0.25, 0.3) is 10.4 Å². The highest BCUT2D eigenvalue weighted by Crippen LogP contribution is 2.09. The number of aryl methyl sites for hydroxylation is 1. The molecule has 0 aliphatic carbocycles. The molecule has 0 amide bonds. The minimum atomic E-state index is 0.0471. The van der Waals surface area contributed by atoms with E-state index in [1.54, 1.807) is 0 Å². The van der Waals surface area contributed by atoms with E-state index >= 15 is 0 Å². The number of hydrogen-bond acceptors (Lipinski definition) is 2. The van der Waals surface area contributed by atoms with Crippen molar-refractivity contribution in [3.8, 4) is 11.8 Å². The molecule has 1 N–H and O–H groups in total. The first-order chi connectivity index (χ1) is 7.77. The van der Waals surface area contributed by atoms with Crippen molar-refractivity contribution in [3.63, 3.8) is 0 Å². The van der Waals surface area contributed by atoms with Gasteiger partial charge in [-0.3, -0.25) is 0 Å². The minimum Gasteiger partial charge on any atom is -0.392 e. The molecule has 0 aliphatic heterocycles. The Morgan fingerprint density at radius 3 is 2.94 bits per heavy atom. The first-order valence-electron chi connectivity index (χ1n) is 4.98. The van der Waals surface area contributed by atoms with Crippen LogP contribution in [-0.2, 0) is 6.61 Å². The standard InChI is InChI=1S/C12H13N3O/c1-10-8-11(9-16)5-6-12(10)4-2-3-7-14-15-13/h5-6,8,16H,3,7,9H2,1H3. The maximum absolute atomic E-state index is 8.94. The maximum atomic E-state index is 8.94. The predicted octanol–water partition coefficient (Wildman–Crippen LogP) is 2.54. The Balaban J connectivity index is 2.69. The Labute approximate surface area is 94.5 Å². The minimum absolute atomic E-state index is 0.0471. The molecule has 0 saturated heterocycles. The molecule has 1 aromatic rings. The van der Waals surface area contributed by atoms with E-state index in [2.05, 4.69) is 21.9 Å². The summed E-state index contributed by atoms with van der Waals surface area (Å²) in [6.07, 6.45) is 0.561. The van der Waals surface area contributed by atoms with Crippen LogP contribution < -0.4 is 0 Å². The highest BCUT2D eigenvalue weighted by atomic mass is 16.3. The number of azide groups is 1. The molecule has 4 nitrogen and oxygen atoms in total. The highest BCUT2D eigenvalue weighted by molar-refractivity contribution is 5.42. The second-order valence-electron chi connectivity index (χ2n) is 3.31. The molecule has 0 aromatic heterocycles. The molecule has 0 atom stereocenters. The van der Waals surface area contributed by atoms with E-state index in [1.807, 2.05) is 25.1 Å². The summed E-state index contributed by atoms with van der Waals surface area (Å²) in [5.41, 5.74) is 10.9. The predicted molar refractivity (Wildman–Crippen MR) is 62.6 cm³/mol. The van der Waals surface area contributed by atoms with Gasteiger partial charge in [0.15, 0.2) is 0 Å². The van der Waals surface area contributed by atoms with Crippen molar-refractivity contribution in [1.29, 1.82) is 0 Å².